The van der Waals surface area contributed by atoms with E-state index in [2.05, 4.69) is 27.9 Å². The maximum absolute atomic E-state index is 11.7. The summed E-state index contributed by atoms with van der Waals surface area (Å²) in [5.74, 6) is -0.0985. The molecule has 0 bridgehead atoms. The molecule has 0 aliphatic heterocycles. The van der Waals surface area contributed by atoms with E-state index in [0.29, 0.717) is 12.1 Å². The first-order valence-electron chi connectivity index (χ1n) is 4.76. The van der Waals surface area contributed by atoms with E-state index in [1.165, 1.54) is 25.3 Å². The van der Waals surface area contributed by atoms with Crippen LogP contribution in [-0.2, 0) is 0 Å². The number of carbonyl (C=O) groups excluding carboxylic acids is 1. The number of methoxy groups -OCH3 is 1. The van der Waals surface area contributed by atoms with Gasteiger partial charge in [-0.15, -0.1) is 0 Å². The number of benzene rings is 1. The molecule has 0 unspecified atom stereocenters. The SMILES string of the molecule is COc1cc([N+](=O)[O-])ccc1C(=O)NCCI. The van der Waals surface area contributed by atoms with E-state index in [1.54, 1.807) is 0 Å². The van der Waals surface area contributed by atoms with E-state index in [9.17, 15) is 14.9 Å². The van der Waals surface area contributed by atoms with Gasteiger partial charge in [-0.2, -0.15) is 0 Å². The Hall–Kier alpha value is -1.38. The summed E-state index contributed by atoms with van der Waals surface area (Å²) in [5.41, 5.74) is 0.190. The Bertz CT molecular complexity index is 436. The highest BCUT2D eigenvalue weighted by Crippen LogP contribution is 2.24. The fourth-order valence-corrected chi connectivity index (χ4v) is 1.51. The maximum atomic E-state index is 11.7. The Morgan fingerprint density at radius 2 is 2.29 bits per heavy atom. The number of non-ortho nitro benzene ring substituents is 1. The van der Waals surface area contributed by atoms with Crippen molar-refractivity contribution in [3.63, 3.8) is 0 Å². The molecule has 1 rings (SSSR count). The Morgan fingerprint density at radius 1 is 1.59 bits per heavy atom. The Labute approximate surface area is 112 Å². The molecule has 0 aliphatic rings. The fraction of sp³-hybridized carbons (Fsp3) is 0.300. The molecule has 0 aliphatic carbocycles. The number of nitro benzene ring substituents is 1. The van der Waals surface area contributed by atoms with Crippen molar-refractivity contribution in [1.29, 1.82) is 0 Å². The van der Waals surface area contributed by atoms with Crippen molar-refractivity contribution in [2.45, 2.75) is 0 Å². The van der Waals surface area contributed by atoms with E-state index in [-0.39, 0.29) is 17.3 Å². The van der Waals surface area contributed by atoms with Gasteiger partial charge in [-0.1, -0.05) is 22.6 Å². The lowest BCUT2D eigenvalue weighted by Gasteiger charge is -2.08. The van der Waals surface area contributed by atoms with Crippen LogP contribution in [0.3, 0.4) is 0 Å². The number of nitro groups is 1. The normalized spacial score (nSPS) is 9.76. The van der Waals surface area contributed by atoms with Crippen LogP contribution in [-0.4, -0.2) is 28.9 Å². The van der Waals surface area contributed by atoms with Gasteiger partial charge < -0.3 is 10.1 Å². The number of nitrogens with one attached hydrogen (secondary N) is 1. The Morgan fingerprint density at radius 3 is 2.82 bits per heavy atom. The first-order valence-corrected chi connectivity index (χ1v) is 6.29. The Kier molecular flexibility index (Phi) is 5.13. The van der Waals surface area contributed by atoms with Crippen LogP contribution < -0.4 is 10.1 Å². The first kappa shape index (κ1) is 13.7. The molecule has 1 aromatic carbocycles. The van der Waals surface area contributed by atoms with Crippen molar-refractivity contribution in [3.8, 4) is 5.75 Å². The van der Waals surface area contributed by atoms with Gasteiger partial charge in [0.15, 0.2) is 0 Å². The number of rotatable bonds is 5. The minimum atomic E-state index is -0.533. The highest BCUT2D eigenvalue weighted by Gasteiger charge is 2.16. The van der Waals surface area contributed by atoms with E-state index < -0.39 is 4.92 Å². The lowest BCUT2D eigenvalue weighted by molar-refractivity contribution is -0.384. The molecule has 0 fully saturated rings. The molecule has 6 nitrogen and oxygen atoms in total. The van der Waals surface area contributed by atoms with Crippen molar-refractivity contribution in [1.82, 2.24) is 5.32 Å². The quantitative estimate of drug-likeness (QED) is 0.380. The van der Waals surface area contributed by atoms with Crippen LogP contribution in [0.15, 0.2) is 18.2 Å². The largest absolute Gasteiger partial charge is 0.496 e. The van der Waals surface area contributed by atoms with Crippen LogP contribution >= 0.6 is 22.6 Å². The van der Waals surface area contributed by atoms with Crippen molar-refractivity contribution < 1.29 is 14.5 Å². The fourth-order valence-electron chi connectivity index (χ4n) is 1.24. The molecule has 1 amide bonds. The zero-order chi connectivity index (χ0) is 12.8. The molecule has 0 spiro atoms. The van der Waals surface area contributed by atoms with E-state index in [4.69, 9.17) is 4.74 Å². The van der Waals surface area contributed by atoms with Crippen molar-refractivity contribution in [2.24, 2.45) is 0 Å². The molecule has 0 heterocycles. The van der Waals surface area contributed by atoms with Gasteiger partial charge >= 0.3 is 0 Å². The maximum Gasteiger partial charge on any atom is 0.273 e. The highest BCUT2D eigenvalue weighted by molar-refractivity contribution is 14.1. The second-order valence-corrected chi connectivity index (χ2v) is 4.17. The molecule has 0 atom stereocenters. The lowest BCUT2D eigenvalue weighted by Crippen LogP contribution is -2.25. The molecule has 92 valence electrons. The van der Waals surface area contributed by atoms with Crippen LogP contribution in [0.1, 0.15) is 10.4 Å². The third-order valence-corrected chi connectivity index (χ3v) is 2.56. The van der Waals surface area contributed by atoms with Crippen LogP contribution in [0.5, 0.6) is 5.75 Å². The summed E-state index contributed by atoms with van der Waals surface area (Å²) in [7, 11) is 1.37. The van der Waals surface area contributed by atoms with Gasteiger partial charge in [0.1, 0.15) is 5.75 Å². The van der Waals surface area contributed by atoms with E-state index >= 15 is 0 Å². The predicted octanol–water partition coefficient (Wildman–Crippen LogP) is 1.77. The van der Waals surface area contributed by atoms with Crippen LogP contribution in [0.25, 0.3) is 0 Å². The average molecular weight is 350 g/mol. The summed E-state index contributed by atoms with van der Waals surface area (Å²) in [4.78, 5) is 21.7. The lowest BCUT2D eigenvalue weighted by atomic mass is 10.1. The van der Waals surface area contributed by atoms with E-state index in [0.717, 1.165) is 4.43 Å². The molecule has 1 N–H and O–H groups in total. The van der Waals surface area contributed by atoms with Gasteiger partial charge in [-0.25, -0.2) is 0 Å². The smallest absolute Gasteiger partial charge is 0.273 e. The monoisotopic (exact) mass is 350 g/mol. The molecule has 17 heavy (non-hydrogen) atoms. The number of alkyl halides is 1. The summed E-state index contributed by atoms with van der Waals surface area (Å²) in [6.07, 6.45) is 0. The van der Waals surface area contributed by atoms with Gasteiger partial charge in [0.2, 0.25) is 0 Å². The second-order valence-electron chi connectivity index (χ2n) is 3.09. The van der Waals surface area contributed by atoms with Gasteiger partial charge in [-0.05, 0) is 6.07 Å². The molecule has 1 aromatic rings. The predicted molar refractivity (Wildman–Crippen MR) is 70.9 cm³/mol. The number of ether oxygens (including phenoxy) is 1. The average Bonchev–Trinajstić information content (AvgIpc) is 2.34. The van der Waals surface area contributed by atoms with Crippen LogP contribution in [0.2, 0.25) is 0 Å². The summed E-state index contributed by atoms with van der Waals surface area (Å²) in [5, 5.41) is 13.2. The van der Waals surface area contributed by atoms with Crippen molar-refractivity contribution in [3.05, 3.63) is 33.9 Å². The number of carbonyl (C=O) groups is 1. The molecule has 0 saturated heterocycles. The standard InChI is InChI=1S/C10H11IN2O4/c1-17-9-6-7(13(15)16)2-3-8(9)10(14)12-5-4-11/h2-3,6H,4-5H2,1H3,(H,12,14). The van der Waals surface area contributed by atoms with Gasteiger partial charge in [0.25, 0.3) is 11.6 Å². The van der Waals surface area contributed by atoms with Crippen LogP contribution in [0, 0.1) is 10.1 Å². The first-order chi connectivity index (χ1) is 8.10. The molecule has 0 saturated carbocycles. The zero-order valence-electron chi connectivity index (χ0n) is 9.10. The zero-order valence-corrected chi connectivity index (χ0v) is 11.3. The molecule has 0 aromatic heterocycles. The number of amides is 1. The number of hydrogen-bond donors (Lipinski definition) is 1. The molecule has 7 heteroatoms. The minimum absolute atomic E-state index is 0.104. The molecular weight excluding hydrogens is 339 g/mol. The van der Waals surface area contributed by atoms with Gasteiger partial charge in [0.05, 0.1) is 23.7 Å². The molecule has 0 radical (unpaired) electrons. The Balaban J connectivity index is 3.00. The van der Waals surface area contributed by atoms with E-state index in [1.807, 2.05) is 0 Å². The summed E-state index contributed by atoms with van der Waals surface area (Å²) in [6.45, 7) is 0.541. The van der Waals surface area contributed by atoms with Gasteiger partial charge in [-0.3, -0.25) is 14.9 Å². The summed E-state index contributed by atoms with van der Waals surface area (Å²) >= 11 is 2.14. The van der Waals surface area contributed by atoms with Crippen LogP contribution in [0.4, 0.5) is 5.69 Å². The highest BCUT2D eigenvalue weighted by atomic mass is 127. The van der Waals surface area contributed by atoms with Crippen molar-refractivity contribution in [2.75, 3.05) is 18.1 Å². The van der Waals surface area contributed by atoms with Gasteiger partial charge in [0, 0.05) is 17.0 Å². The van der Waals surface area contributed by atoms with Crippen molar-refractivity contribution >= 4 is 34.2 Å². The number of nitrogens with zero attached hydrogens (tertiary/aromatic N) is 1. The summed E-state index contributed by atoms with van der Waals surface area (Å²) in [6, 6.07) is 3.90. The third-order valence-electron chi connectivity index (χ3n) is 2.02. The number of hydrogen-bond acceptors (Lipinski definition) is 4. The minimum Gasteiger partial charge on any atom is -0.496 e. The topological polar surface area (TPSA) is 81.5 Å². The number of halogens is 1. The summed E-state index contributed by atoms with van der Waals surface area (Å²) < 4.78 is 5.76. The second kappa shape index (κ2) is 6.38. The third kappa shape index (κ3) is 3.55. The molecular formula is C10H11IN2O4.